The molecule has 0 aliphatic carbocycles. The van der Waals surface area contributed by atoms with Crippen LogP contribution in [-0.4, -0.2) is 33.7 Å². The van der Waals surface area contributed by atoms with Crippen LogP contribution in [0, 0.1) is 5.92 Å². The molecule has 1 aromatic carbocycles. The second kappa shape index (κ2) is 11.6. The van der Waals surface area contributed by atoms with Crippen molar-refractivity contribution >= 4 is 46.9 Å². The van der Waals surface area contributed by atoms with E-state index in [-0.39, 0.29) is 6.42 Å². The fourth-order valence-corrected chi connectivity index (χ4v) is 3.87. The molecule has 134 valence electrons. The van der Waals surface area contributed by atoms with E-state index in [9.17, 15) is 9.59 Å². The smallest absolute Gasteiger partial charge is 0.307 e. The Hall–Kier alpha value is -0.910. The summed E-state index contributed by atoms with van der Waals surface area (Å²) in [5.41, 5.74) is 1.11. The maximum atomic E-state index is 10.9. The number of rotatable bonds is 12. The van der Waals surface area contributed by atoms with Crippen LogP contribution in [0.5, 0.6) is 0 Å². The lowest BCUT2D eigenvalue weighted by molar-refractivity contribution is -0.147. The van der Waals surface area contributed by atoms with Gasteiger partial charge >= 0.3 is 11.9 Å². The first-order valence-corrected chi connectivity index (χ1v) is 9.77. The Morgan fingerprint density at radius 1 is 1.08 bits per heavy atom. The molecule has 4 nitrogen and oxygen atoms in total. The largest absolute Gasteiger partial charge is 0.481 e. The van der Waals surface area contributed by atoms with Gasteiger partial charge in [0.25, 0.3) is 0 Å². The SMILES string of the molecule is O=C(O)C[C@@H](CSCCCCCCc1ccc(Cl)cc1Cl)C(=O)O. The lowest BCUT2D eigenvalue weighted by Gasteiger charge is -2.09. The van der Waals surface area contributed by atoms with Gasteiger partial charge in [-0.3, -0.25) is 9.59 Å². The molecular formula is C17H22Cl2O4S. The van der Waals surface area contributed by atoms with Crippen LogP contribution < -0.4 is 0 Å². The number of carboxylic acid groups (broad SMARTS) is 2. The van der Waals surface area contributed by atoms with Crippen molar-refractivity contribution in [3.63, 3.8) is 0 Å². The van der Waals surface area contributed by atoms with Gasteiger partial charge < -0.3 is 10.2 Å². The Kier molecular flexibility index (Phi) is 10.2. The molecule has 1 aromatic rings. The molecule has 1 rings (SSSR count). The summed E-state index contributed by atoms with van der Waals surface area (Å²) in [4.78, 5) is 21.5. The van der Waals surface area contributed by atoms with Crippen molar-refractivity contribution in [3.05, 3.63) is 33.8 Å². The third-order valence-electron chi connectivity index (χ3n) is 3.59. The fourth-order valence-electron chi connectivity index (χ4n) is 2.25. The van der Waals surface area contributed by atoms with E-state index in [1.807, 2.05) is 12.1 Å². The van der Waals surface area contributed by atoms with E-state index in [1.54, 1.807) is 6.07 Å². The third-order valence-corrected chi connectivity index (χ3v) is 5.39. The van der Waals surface area contributed by atoms with Gasteiger partial charge in [-0.05, 0) is 42.7 Å². The van der Waals surface area contributed by atoms with Gasteiger partial charge in [-0.25, -0.2) is 0 Å². The van der Waals surface area contributed by atoms with Crippen LogP contribution in [0.15, 0.2) is 18.2 Å². The van der Waals surface area contributed by atoms with Crippen LogP contribution in [0.25, 0.3) is 0 Å². The molecule has 0 saturated carbocycles. The predicted octanol–water partition coefficient (Wildman–Crippen LogP) is 5.01. The first kappa shape index (κ1) is 21.1. The molecule has 2 N–H and O–H groups in total. The highest BCUT2D eigenvalue weighted by atomic mass is 35.5. The topological polar surface area (TPSA) is 74.6 Å². The van der Waals surface area contributed by atoms with Crippen molar-refractivity contribution in [2.75, 3.05) is 11.5 Å². The molecule has 0 spiro atoms. The van der Waals surface area contributed by atoms with Crippen molar-refractivity contribution in [2.24, 2.45) is 5.92 Å². The number of carbonyl (C=O) groups is 2. The molecular weight excluding hydrogens is 371 g/mol. The van der Waals surface area contributed by atoms with Crippen LogP contribution in [0.4, 0.5) is 0 Å². The monoisotopic (exact) mass is 392 g/mol. The first-order valence-electron chi connectivity index (χ1n) is 7.86. The van der Waals surface area contributed by atoms with Gasteiger partial charge in [-0.2, -0.15) is 11.8 Å². The second-order valence-electron chi connectivity index (χ2n) is 5.61. The maximum Gasteiger partial charge on any atom is 0.307 e. The van der Waals surface area contributed by atoms with Crippen LogP contribution in [0.1, 0.15) is 37.7 Å². The number of hydrogen-bond donors (Lipinski definition) is 2. The number of unbranched alkanes of at least 4 members (excludes halogenated alkanes) is 3. The summed E-state index contributed by atoms with van der Waals surface area (Å²) in [6, 6.07) is 5.55. The predicted molar refractivity (Wildman–Crippen MR) is 99.3 cm³/mol. The van der Waals surface area contributed by atoms with Gasteiger partial charge in [0.1, 0.15) is 0 Å². The molecule has 0 aliphatic heterocycles. The Morgan fingerprint density at radius 2 is 1.79 bits per heavy atom. The number of benzene rings is 1. The van der Waals surface area contributed by atoms with Crippen molar-refractivity contribution < 1.29 is 19.8 Å². The van der Waals surface area contributed by atoms with Crippen LogP contribution in [0.2, 0.25) is 10.0 Å². The average molecular weight is 393 g/mol. The highest BCUT2D eigenvalue weighted by Gasteiger charge is 2.20. The van der Waals surface area contributed by atoms with E-state index in [0.717, 1.165) is 43.4 Å². The van der Waals surface area contributed by atoms with Crippen LogP contribution >= 0.6 is 35.0 Å². The Bertz CT molecular complexity index is 551. The standard InChI is InChI=1S/C17H22Cl2O4S/c18-14-7-6-12(15(19)10-14)5-3-1-2-4-8-24-11-13(17(22)23)9-16(20)21/h6-7,10,13H,1-5,8-9,11H2,(H,20,21)(H,22,23)/t13-/m0/s1. The molecule has 0 unspecified atom stereocenters. The maximum absolute atomic E-state index is 10.9. The molecule has 0 heterocycles. The summed E-state index contributed by atoms with van der Waals surface area (Å²) in [7, 11) is 0. The van der Waals surface area contributed by atoms with E-state index < -0.39 is 17.9 Å². The van der Waals surface area contributed by atoms with Crippen molar-refractivity contribution in [1.29, 1.82) is 0 Å². The molecule has 0 aliphatic rings. The zero-order valence-electron chi connectivity index (χ0n) is 13.3. The summed E-state index contributed by atoms with van der Waals surface area (Å²) in [5.74, 6) is -1.71. The van der Waals surface area contributed by atoms with Gasteiger partial charge in [0.05, 0.1) is 12.3 Å². The van der Waals surface area contributed by atoms with Gasteiger partial charge in [0, 0.05) is 15.8 Å². The van der Waals surface area contributed by atoms with E-state index in [0.29, 0.717) is 15.8 Å². The summed E-state index contributed by atoms with van der Waals surface area (Å²) in [6.07, 6.45) is 4.79. The number of carboxylic acids is 2. The summed E-state index contributed by atoms with van der Waals surface area (Å²) < 4.78 is 0. The Balaban J connectivity index is 2.09. The molecule has 0 bridgehead atoms. The zero-order chi connectivity index (χ0) is 17.9. The molecule has 0 saturated heterocycles. The van der Waals surface area contributed by atoms with Crippen molar-refractivity contribution in [1.82, 2.24) is 0 Å². The van der Waals surface area contributed by atoms with E-state index >= 15 is 0 Å². The molecule has 24 heavy (non-hydrogen) atoms. The number of hydrogen-bond acceptors (Lipinski definition) is 3. The molecule has 0 fully saturated rings. The number of thioether (sulfide) groups is 1. The highest BCUT2D eigenvalue weighted by molar-refractivity contribution is 7.99. The summed E-state index contributed by atoms with van der Waals surface area (Å²) in [6.45, 7) is 0. The summed E-state index contributed by atoms with van der Waals surface area (Å²) >= 11 is 13.5. The molecule has 0 aromatic heterocycles. The lowest BCUT2D eigenvalue weighted by Crippen LogP contribution is -2.20. The van der Waals surface area contributed by atoms with Gasteiger partial charge in [-0.15, -0.1) is 0 Å². The van der Waals surface area contributed by atoms with Gasteiger partial charge in [-0.1, -0.05) is 42.1 Å². The molecule has 0 amide bonds. The number of halogens is 2. The second-order valence-corrected chi connectivity index (χ2v) is 7.60. The van der Waals surface area contributed by atoms with Crippen LogP contribution in [0.3, 0.4) is 0 Å². The number of aryl methyl sites for hydroxylation is 1. The third kappa shape index (κ3) is 8.81. The van der Waals surface area contributed by atoms with Gasteiger partial charge in [0.15, 0.2) is 0 Å². The average Bonchev–Trinajstić information content (AvgIpc) is 2.49. The lowest BCUT2D eigenvalue weighted by atomic mass is 10.1. The zero-order valence-corrected chi connectivity index (χ0v) is 15.7. The van der Waals surface area contributed by atoms with Crippen LogP contribution in [-0.2, 0) is 16.0 Å². The highest BCUT2D eigenvalue weighted by Crippen LogP contribution is 2.23. The molecule has 0 radical (unpaired) electrons. The molecule has 7 heteroatoms. The normalized spacial score (nSPS) is 12.1. The number of aliphatic carboxylic acids is 2. The van der Waals surface area contributed by atoms with E-state index in [1.165, 1.54) is 11.8 Å². The minimum absolute atomic E-state index is 0.315. The van der Waals surface area contributed by atoms with E-state index in [4.69, 9.17) is 33.4 Å². The van der Waals surface area contributed by atoms with Crippen molar-refractivity contribution in [3.8, 4) is 0 Å². The van der Waals surface area contributed by atoms with Gasteiger partial charge in [0.2, 0.25) is 0 Å². The summed E-state index contributed by atoms with van der Waals surface area (Å²) in [5, 5.41) is 19.0. The Morgan fingerprint density at radius 3 is 2.42 bits per heavy atom. The fraction of sp³-hybridized carbons (Fsp3) is 0.529. The molecule has 1 atom stereocenters. The first-order chi connectivity index (χ1) is 11.4. The minimum Gasteiger partial charge on any atom is -0.481 e. The Labute approximate surface area is 156 Å². The van der Waals surface area contributed by atoms with E-state index in [2.05, 4.69) is 0 Å². The quantitative estimate of drug-likeness (QED) is 0.489. The van der Waals surface area contributed by atoms with Crippen molar-refractivity contribution in [2.45, 2.75) is 38.5 Å². The minimum atomic E-state index is -1.07.